The first-order valence-corrected chi connectivity index (χ1v) is 14.0. The molecule has 37 heavy (non-hydrogen) atoms. The van der Waals surface area contributed by atoms with Gasteiger partial charge in [0.25, 0.3) is 10.6 Å². The molecule has 0 radical (unpaired) electrons. The van der Waals surface area contributed by atoms with E-state index >= 15 is 0 Å². The lowest BCUT2D eigenvalue weighted by Crippen LogP contribution is -2.36. The molecule has 3 heterocycles. The van der Waals surface area contributed by atoms with Gasteiger partial charge in [-0.3, -0.25) is 9.36 Å². The van der Waals surface area contributed by atoms with Crippen molar-refractivity contribution in [3.63, 3.8) is 0 Å². The summed E-state index contributed by atoms with van der Waals surface area (Å²) in [7, 11) is 1.93. The van der Waals surface area contributed by atoms with Gasteiger partial charge in [0.15, 0.2) is 12.7 Å². The molecule has 12 heteroatoms. The van der Waals surface area contributed by atoms with Crippen molar-refractivity contribution in [3.8, 4) is 5.75 Å². The Morgan fingerprint density at radius 1 is 1.19 bits per heavy atom. The SMILES string of the molecule is CCn1c(=Cc2scc[n+]2Cc2ccccc2OC(F)(F)F)sc(=C2Sc3cc(Cl)ccc3N2C)c1=O. The summed E-state index contributed by atoms with van der Waals surface area (Å²) in [5.41, 5.74) is 1.30. The lowest BCUT2D eigenvalue weighted by molar-refractivity contribution is -0.685. The third-order valence-corrected chi connectivity index (χ3v) is 9.27. The molecule has 2 aromatic carbocycles. The maximum absolute atomic E-state index is 13.4. The van der Waals surface area contributed by atoms with E-state index in [1.165, 1.54) is 46.6 Å². The Morgan fingerprint density at radius 3 is 2.73 bits per heavy atom. The number of fused-ring (bicyclic) bond motifs is 1. The molecule has 0 fully saturated rings. The second kappa shape index (κ2) is 10.2. The standard InChI is InChI=1S/C25H20ClF3N3O2S3/c1-3-32-21(37-22(23(32)33)24-30(2)17-9-8-16(26)12-19(17)36-24)13-20-31(10-11-35-20)14-15-6-4-5-7-18(15)34-25(27,28)29/h4-13H,3,14H2,1-2H3/q+1. The van der Waals surface area contributed by atoms with Gasteiger partial charge in [0.2, 0.25) is 0 Å². The number of thiazole rings is 2. The van der Waals surface area contributed by atoms with E-state index < -0.39 is 6.36 Å². The summed E-state index contributed by atoms with van der Waals surface area (Å²) in [5, 5.41) is 4.13. The van der Waals surface area contributed by atoms with Crippen molar-refractivity contribution < 1.29 is 22.5 Å². The average Bonchev–Trinajstić information content (AvgIpc) is 3.50. The summed E-state index contributed by atoms with van der Waals surface area (Å²) in [5.74, 6) is -0.235. The molecule has 2 aromatic heterocycles. The number of aromatic nitrogens is 2. The van der Waals surface area contributed by atoms with E-state index in [9.17, 15) is 18.0 Å². The quantitative estimate of drug-likeness (QED) is 0.310. The van der Waals surface area contributed by atoms with E-state index in [2.05, 4.69) is 4.74 Å². The van der Waals surface area contributed by atoms with Crippen LogP contribution in [0.4, 0.5) is 18.9 Å². The minimum absolute atomic E-state index is 0.0842. The van der Waals surface area contributed by atoms with Crippen LogP contribution >= 0.6 is 46.0 Å². The number of thioether (sulfide) groups is 1. The number of alkyl halides is 3. The van der Waals surface area contributed by atoms with Crippen molar-refractivity contribution in [2.75, 3.05) is 11.9 Å². The summed E-state index contributed by atoms with van der Waals surface area (Å²) < 4.78 is 47.8. The number of anilines is 1. The Bertz CT molecular complexity index is 1660. The predicted octanol–water partition coefficient (Wildman–Crippen LogP) is 5.02. The number of nitrogens with zero attached hydrogens (tertiary/aromatic N) is 3. The fourth-order valence-electron chi connectivity index (χ4n) is 4.01. The van der Waals surface area contributed by atoms with Crippen molar-refractivity contribution in [3.05, 3.63) is 89.2 Å². The molecule has 0 atom stereocenters. The number of hydrogen-bond acceptors (Lipinski definition) is 6. The third-order valence-electron chi connectivity index (χ3n) is 5.72. The maximum Gasteiger partial charge on any atom is 0.573 e. The van der Waals surface area contributed by atoms with Crippen LogP contribution in [0.2, 0.25) is 5.02 Å². The molecular weight excluding hydrogens is 563 g/mol. The van der Waals surface area contributed by atoms with Crippen LogP contribution in [0.3, 0.4) is 0 Å². The highest BCUT2D eigenvalue weighted by atomic mass is 35.5. The number of rotatable bonds is 5. The highest BCUT2D eigenvalue weighted by Gasteiger charge is 2.32. The largest absolute Gasteiger partial charge is 0.573 e. The summed E-state index contributed by atoms with van der Waals surface area (Å²) in [6, 6.07) is 11.7. The Labute approximate surface area is 227 Å². The lowest BCUT2D eigenvalue weighted by atomic mass is 10.2. The number of para-hydroxylation sites is 1. The van der Waals surface area contributed by atoms with Crippen LogP contribution in [0, 0.1) is 0 Å². The molecule has 0 N–H and O–H groups in total. The molecule has 1 aliphatic rings. The molecule has 4 aromatic rings. The Balaban J connectivity index is 1.56. The molecule has 192 valence electrons. The molecule has 1 aliphatic heterocycles. The molecule has 5 rings (SSSR count). The fraction of sp³-hybridized carbons (Fsp3) is 0.200. The summed E-state index contributed by atoms with van der Waals surface area (Å²) in [6.07, 6.45) is -1.07. The molecule has 0 aliphatic carbocycles. The van der Waals surface area contributed by atoms with Gasteiger partial charge in [-0.25, -0.2) is 0 Å². The lowest BCUT2D eigenvalue weighted by Gasteiger charge is -2.12. The maximum atomic E-state index is 13.4. The van der Waals surface area contributed by atoms with Crippen molar-refractivity contribution in [2.45, 2.75) is 31.3 Å². The minimum Gasteiger partial charge on any atom is -0.405 e. The molecule has 0 bridgehead atoms. The monoisotopic (exact) mass is 582 g/mol. The van der Waals surface area contributed by atoms with Crippen LogP contribution in [0.5, 0.6) is 5.75 Å². The zero-order valence-corrected chi connectivity index (χ0v) is 22.8. The minimum atomic E-state index is -4.77. The van der Waals surface area contributed by atoms with E-state index in [0.29, 0.717) is 21.7 Å². The van der Waals surface area contributed by atoms with Crippen molar-refractivity contribution >= 4 is 62.8 Å². The fourth-order valence-corrected chi connectivity index (χ4v) is 7.60. The van der Waals surface area contributed by atoms with Gasteiger partial charge in [0, 0.05) is 23.5 Å². The number of ether oxygens (including phenoxy) is 1. The van der Waals surface area contributed by atoms with Crippen LogP contribution in [-0.2, 0) is 13.1 Å². The normalized spacial score (nSPS) is 15.4. The second-order valence-electron chi connectivity index (χ2n) is 8.07. The van der Waals surface area contributed by atoms with Crippen LogP contribution in [0.15, 0.2) is 63.7 Å². The zero-order valence-electron chi connectivity index (χ0n) is 19.6. The highest BCUT2D eigenvalue weighted by molar-refractivity contribution is 8.08. The predicted molar refractivity (Wildman–Crippen MR) is 143 cm³/mol. The first kappa shape index (κ1) is 25.9. The van der Waals surface area contributed by atoms with Crippen LogP contribution in [0.25, 0.3) is 11.1 Å². The van der Waals surface area contributed by atoms with Gasteiger partial charge in [-0.05, 0) is 37.3 Å². The summed E-state index contributed by atoms with van der Waals surface area (Å²) >= 11 is 10.5. The average molecular weight is 583 g/mol. The Hall–Kier alpha value is -2.73. The highest BCUT2D eigenvalue weighted by Crippen LogP contribution is 2.46. The van der Waals surface area contributed by atoms with E-state index in [4.69, 9.17) is 11.6 Å². The van der Waals surface area contributed by atoms with E-state index in [-0.39, 0.29) is 17.9 Å². The topological polar surface area (TPSA) is 38.4 Å². The second-order valence-corrected chi connectivity index (χ2v) is 11.5. The van der Waals surface area contributed by atoms with Gasteiger partial charge in [0.05, 0.1) is 22.7 Å². The molecule has 0 saturated carbocycles. The number of hydrogen-bond donors (Lipinski definition) is 0. The van der Waals surface area contributed by atoms with Crippen LogP contribution < -0.4 is 29.0 Å². The van der Waals surface area contributed by atoms with Crippen molar-refractivity contribution in [1.29, 1.82) is 0 Å². The van der Waals surface area contributed by atoms with Crippen molar-refractivity contribution in [2.24, 2.45) is 0 Å². The molecule has 0 saturated heterocycles. The van der Waals surface area contributed by atoms with Gasteiger partial charge >= 0.3 is 6.36 Å². The van der Waals surface area contributed by atoms with Gasteiger partial charge in [0.1, 0.15) is 20.0 Å². The van der Waals surface area contributed by atoms with E-state index in [1.807, 2.05) is 53.1 Å². The smallest absolute Gasteiger partial charge is 0.405 e. The third kappa shape index (κ3) is 5.31. The zero-order chi connectivity index (χ0) is 26.3. The summed E-state index contributed by atoms with van der Waals surface area (Å²) in [4.78, 5) is 16.4. The first-order valence-electron chi connectivity index (χ1n) is 11.1. The van der Waals surface area contributed by atoms with Crippen LogP contribution in [-0.4, -0.2) is 18.0 Å². The molecule has 0 amide bonds. The Morgan fingerprint density at radius 2 is 1.97 bits per heavy atom. The first-order chi connectivity index (χ1) is 17.6. The van der Waals surface area contributed by atoms with Gasteiger partial charge in [-0.2, -0.15) is 4.57 Å². The molecule has 5 nitrogen and oxygen atoms in total. The molecular formula is C25H20ClF3N3O2S3+. The Kier molecular flexibility index (Phi) is 7.14. The van der Waals surface area contributed by atoms with Gasteiger partial charge in [-0.15, -0.1) is 24.5 Å². The molecule has 0 spiro atoms. The number of halogens is 4. The summed E-state index contributed by atoms with van der Waals surface area (Å²) in [6.45, 7) is 2.57. The van der Waals surface area contributed by atoms with E-state index in [1.54, 1.807) is 22.9 Å². The van der Waals surface area contributed by atoms with Gasteiger partial charge < -0.3 is 9.64 Å². The van der Waals surface area contributed by atoms with Crippen LogP contribution in [0.1, 0.15) is 17.5 Å². The van der Waals surface area contributed by atoms with E-state index in [0.717, 1.165) is 25.3 Å². The number of benzene rings is 2. The molecule has 0 unspecified atom stereocenters. The van der Waals surface area contributed by atoms with Crippen molar-refractivity contribution in [1.82, 2.24) is 4.57 Å². The van der Waals surface area contributed by atoms with Gasteiger partial charge in [-0.1, -0.05) is 46.8 Å².